The van der Waals surface area contributed by atoms with Gasteiger partial charge in [-0.2, -0.15) is 0 Å². The molecule has 7 heteroatoms. The van der Waals surface area contributed by atoms with Crippen LogP contribution >= 0.6 is 0 Å². The van der Waals surface area contributed by atoms with Crippen LogP contribution in [0.1, 0.15) is 31.2 Å². The average Bonchev–Trinajstić information content (AvgIpc) is 2.90. The predicted octanol–water partition coefficient (Wildman–Crippen LogP) is 2.27. The Morgan fingerprint density at radius 3 is 2.79 bits per heavy atom. The van der Waals surface area contributed by atoms with E-state index < -0.39 is 17.2 Å². The summed E-state index contributed by atoms with van der Waals surface area (Å²) in [6, 6.07) is 2.96. The maximum absolute atomic E-state index is 13.7. The van der Waals surface area contributed by atoms with E-state index in [-0.39, 0.29) is 24.4 Å². The number of hydrogen-bond acceptors (Lipinski definition) is 3. The molecule has 1 amide bonds. The van der Waals surface area contributed by atoms with Gasteiger partial charge in [-0.05, 0) is 26.3 Å². The summed E-state index contributed by atoms with van der Waals surface area (Å²) < 4.78 is 28.6. The molecule has 5 nitrogen and oxygen atoms in total. The molecule has 0 saturated heterocycles. The SMILES string of the molecule is Cc1nccn1CCCC(=O)NCC(C)(O)c1ccc(F)cc1F. The Labute approximate surface area is 139 Å². The topological polar surface area (TPSA) is 67.2 Å². The van der Waals surface area contributed by atoms with Crippen LogP contribution in [0.25, 0.3) is 0 Å². The van der Waals surface area contributed by atoms with E-state index >= 15 is 0 Å². The molecular weight excluding hydrogens is 316 g/mol. The zero-order valence-corrected chi connectivity index (χ0v) is 13.7. The number of aliphatic hydroxyl groups is 1. The standard InChI is InChI=1S/C17H21F2N3O2/c1-12-20-7-9-22(12)8-3-4-16(23)21-11-17(2,24)14-6-5-13(18)10-15(14)19/h5-7,9-10,24H,3-4,8,11H2,1-2H3,(H,21,23). The van der Waals surface area contributed by atoms with Gasteiger partial charge in [-0.3, -0.25) is 4.79 Å². The van der Waals surface area contributed by atoms with E-state index in [1.54, 1.807) is 6.20 Å². The Kier molecular flexibility index (Phi) is 5.66. The second-order valence-corrected chi connectivity index (χ2v) is 5.95. The first-order chi connectivity index (χ1) is 11.3. The molecule has 0 aliphatic heterocycles. The summed E-state index contributed by atoms with van der Waals surface area (Å²) in [7, 11) is 0. The molecule has 24 heavy (non-hydrogen) atoms. The maximum Gasteiger partial charge on any atom is 0.220 e. The quantitative estimate of drug-likeness (QED) is 0.814. The average molecular weight is 337 g/mol. The Balaban J connectivity index is 1.82. The molecule has 0 bridgehead atoms. The molecule has 0 saturated carbocycles. The third kappa shape index (κ3) is 4.61. The molecule has 2 rings (SSSR count). The van der Waals surface area contributed by atoms with Crippen molar-refractivity contribution in [3.8, 4) is 0 Å². The van der Waals surface area contributed by atoms with Crippen molar-refractivity contribution in [3.63, 3.8) is 0 Å². The molecule has 1 unspecified atom stereocenters. The zero-order chi connectivity index (χ0) is 17.7. The van der Waals surface area contributed by atoms with Crippen molar-refractivity contribution in [3.05, 3.63) is 53.6 Å². The van der Waals surface area contributed by atoms with Gasteiger partial charge >= 0.3 is 0 Å². The van der Waals surface area contributed by atoms with E-state index in [9.17, 15) is 18.7 Å². The number of benzene rings is 1. The number of imidazole rings is 1. The van der Waals surface area contributed by atoms with Crippen molar-refractivity contribution >= 4 is 5.91 Å². The van der Waals surface area contributed by atoms with Crippen molar-refractivity contribution in [1.82, 2.24) is 14.9 Å². The summed E-state index contributed by atoms with van der Waals surface area (Å²) in [6.45, 7) is 3.77. The van der Waals surface area contributed by atoms with Crippen LogP contribution in [0.15, 0.2) is 30.6 Å². The lowest BCUT2D eigenvalue weighted by Crippen LogP contribution is -2.39. The van der Waals surface area contributed by atoms with Crippen LogP contribution in [0.5, 0.6) is 0 Å². The first-order valence-electron chi connectivity index (χ1n) is 7.72. The van der Waals surface area contributed by atoms with E-state index in [2.05, 4.69) is 10.3 Å². The summed E-state index contributed by atoms with van der Waals surface area (Å²) in [6.07, 6.45) is 4.44. The summed E-state index contributed by atoms with van der Waals surface area (Å²) >= 11 is 0. The number of aromatic nitrogens is 2. The van der Waals surface area contributed by atoms with Gasteiger partial charge in [0, 0.05) is 37.0 Å². The van der Waals surface area contributed by atoms with Crippen LogP contribution in [0.2, 0.25) is 0 Å². The zero-order valence-electron chi connectivity index (χ0n) is 13.7. The molecule has 0 spiro atoms. The molecule has 1 heterocycles. The van der Waals surface area contributed by atoms with Crippen LogP contribution in [-0.4, -0.2) is 27.1 Å². The van der Waals surface area contributed by atoms with Gasteiger partial charge in [0.1, 0.15) is 23.1 Å². The highest BCUT2D eigenvalue weighted by Crippen LogP contribution is 2.23. The third-order valence-corrected chi connectivity index (χ3v) is 3.87. The lowest BCUT2D eigenvalue weighted by Gasteiger charge is -2.24. The third-order valence-electron chi connectivity index (χ3n) is 3.87. The summed E-state index contributed by atoms with van der Waals surface area (Å²) in [5.41, 5.74) is -1.67. The largest absolute Gasteiger partial charge is 0.383 e. The molecule has 1 atom stereocenters. The Morgan fingerprint density at radius 2 is 2.17 bits per heavy atom. The molecule has 130 valence electrons. The van der Waals surface area contributed by atoms with Crippen molar-refractivity contribution < 1.29 is 18.7 Å². The van der Waals surface area contributed by atoms with Crippen molar-refractivity contribution in [2.24, 2.45) is 0 Å². The van der Waals surface area contributed by atoms with E-state index in [1.165, 1.54) is 13.0 Å². The number of aryl methyl sites for hydroxylation is 2. The lowest BCUT2D eigenvalue weighted by atomic mass is 9.95. The molecule has 0 radical (unpaired) electrons. The van der Waals surface area contributed by atoms with Crippen LogP contribution in [0, 0.1) is 18.6 Å². The van der Waals surface area contributed by atoms with Gasteiger partial charge in [0.2, 0.25) is 5.91 Å². The van der Waals surface area contributed by atoms with E-state index in [1.807, 2.05) is 17.7 Å². The van der Waals surface area contributed by atoms with Gasteiger partial charge in [0.25, 0.3) is 0 Å². The number of rotatable bonds is 7. The van der Waals surface area contributed by atoms with Gasteiger partial charge in [0.05, 0.1) is 6.54 Å². The van der Waals surface area contributed by atoms with Crippen LogP contribution < -0.4 is 5.32 Å². The number of carbonyl (C=O) groups excluding carboxylic acids is 1. The Hall–Kier alpha value is -2.28. The second kappa shape index (κ2) is 7.53. The Bertz CT molecular complexity index is 714. The highest BCUT2D eigenvalue weighted by Gasteiger charge is 2.27. The highest BCUT2D eigenvalue weighted by atomic mass is 19.1. The van der Waals surface area contributed by atoms with Crippen LogP contribution in [0.4, 0.5) is 8.78 Å². The molecule has 2 N–H and O–H groups in total. The number of hydrogen-bond donors (Lipinski definition) is 2. The number of halogens is 2. The first kappa shape index (κ1) is 18.1. The van der Waals surface area contributed by atoms with Crippen LogP contribution in [0.3, 0.4) is 0 Å². The van der Waals surface area contributed by atoms with Crippen molar-refractivity contribution in [1.29, 1.82) is 0 Å². The molecule has 1 aromatic heterocycles. The minimum Gasteiger partial charge on any atom is -0.383 e. The molecule has 0 aliphatic rings. The number of nitrogens with one attached hydrogen (secondary N) is 1. The molecule has 1 aromatic carbocycles. The fraction of sp³-hybridized carbons (Fsp3) is 0.412. The van der Waals surface area contributed by atoms with Gasteiger partial charge < -0.3 is 15.0 Å². The highest BCUT2D eigenvalue weighted by molar-refractivity contribution is 5.75. The van der Waals surface area contributed by atoms with E-state index in [4.69, 9.17) is 0 Å². The molecule has 0 fully saturated rings. The fourth-order valence-corrected chi connectivity index (χ4v) is 2.43. The first-order valence-corrected chi connectivity index (χ1v) is 7.72. The maximum atomic E-state index is 13.7. The van der Waals surface area contributed by atoms with Gasteiger partial charge in [0.15, 0.2) is 0 Å². The van der Waals surface area contributed by atoms with Gasteiger partial charge in [-0.1, -0.05) is 6.07 Å². The minimum atomic E-state index is -1.62. The van der Waals surface area contributed by atoms with E-state index in [0.29, 0.717) is 19.0 Å². The second-order valence-electron chi connectivity index (χ2n) is 5.95. The summed E-state index contributed by atoms with van der Waals surface area (Å²) in [5, 5.41) is 12.9. The monoisotopic (exact) mass is 337 g/mol. The lowest BCUT2D eigenvalue weighted by molar-refractivity contribution is -0.122. The normalized spacial score (nSPS) is 13.5. The summed E-state index contributed by atoms with van der Waals surface area (Å²) in [4.78, 5) is 16.0. The summed E-state index contributed by atoms with van der Waals surface area (Å²) in [5.74, 6) is -0.920. The molecular formula is C17H21F2N3O2. The number of amides is 1. The number of nitrogens with zero attached hydrogens (tertiary/aromatic N) is 2. The smallest absolute Gasteiger partial charge is 0.220 e. The van der Waals surface area contributed by atoms with Crippen molar-refractivity contribution in [2.75, 3.05) is 6.54 Å². The van der Waals surface area contributed by atoms with Crippen molar-refractivity contribution in [2.45, 2.75) is 38.8 Å². The predicted molar refractivity (Wildman–Crippen MR) is 85.1 cm³/mol. The molecule has 2 aromatic rings. The van der Waals surface area contributed by atoms with Gasteiger partial charge in [-0.25, -0.2) is 13.8 Å². The number of carbonyl (C=O) groups is 1. The minimum absolute atomic E-state index is 0.0572. The van der Waals surface area contributed by atoms with E-state index in [0.717, 1.165) is 11.9 Å². The van der Waals surface area contributed by atoms with Crippen LogP contribution in [-0.2, 0) is 16.9 Å². The fourth-order valence-electron chi connectivity index (χ4n) is 2.43. The Morgan fingerprint density at radius 1 is 1.42 bits per heavy atom. The van der Waals surface area contributed by atoms with Gasteiger partial charge in [-0.15, -0.1) is 0 Å². The molecule has 0 aliphatic carbocycles.